The molecule has 3 nitrogen and oxygen atoms in total. The molecule has 12 heavy (non-hydrogen) atoms. The first-order valence-electron chi connectivity index (χ1n) is 3.64. The van der Waals surface area contributed by atoms with Gasteiger partial charge in [-0.05, 0) is 31.9 Å². The molecule has 3 heteroatoms. The Morgan fingerprint density at radius 1 is 1.17 bits per heavy atom. The smallest absolute Gasteiger partial charge is 0.346 e. The molecule has 0 bridgehead atoms. The molecule has 0 aliphatic rings. The highest BCUT2D eigenvalue weighted by atomic mass is 16.4. The maximum absolute atomic E-state index is 11.0. The summed E-state index contributed by atoms with van der Waals surface area (Å²) in [6, 6.07) is 0. The third kappa shape index (κ3) is 1.18. The van der Waals surface area contributed by atoms with Crippen LogP contribution in [0.3, 0.4) is 0 Å². The molecule has 0 unspecified atom stereocenters. The number of aldehydes is 1. The lowest BCUT2D eigenvalue weighted by Gasteiger charge is -2.03. The molecular formula is C9H10O3. The Morgan fingerprint density at radius 2 is 1.75 bits per heavy atom. The van der Waals surface area contributed by atoms with Crippen LogP contribution < -0.4 is 5.63 Å². The first-order valence-corrected chi connectivity index (χ1v) is 3.64. The summed E-state index contributed by atoms with van der Waals surface area (Å²) in [7, 11) is 0. The number of carbonyl (C=O) groups excluding carboxylic acids is 1. The SMILES string of the molecule is Cc1oc(=O)c(C=O)c(C)c1C. The normalized spacial score (nSPS) is 9.92. The van der Waals surface area contributed by atoms with E-state index in [9.17, 15) is 9.59 Å². The van der Waals surface area contributed by atoms with Crippen LogP contribution in [0.1, 0.15) is 27.2 Å². The summed E-state index contributed by atoms with van der Waals surface area (Å²) < 4.78 is 4.82. The number of carbonyl (C=O) groups is 1. The number of aryl methyl sites for hydroxylation is 1. The number of hydrogen-bond acceptors (Lipinski definition) is 3. The highest BCUT2D eigenvalue weighted by Gasteiger charge is 2.09. The van der Waals surface area contributed by atoms with Gasteiger partial charge in [0.25, 0.3) is 0 Å². The fourth-order valence-corrected chi connectivity index (χ4v) is 1.03. The second kappa shape index (κ2) is 2.93. The molecule has 1 aromatic heterocycles. The Kier molecular flexibility index (Phi) is 2.13. The van der Waals surface area contributed by atoms with Crippen LogP contribution in [0.25, 0.3) is 0 Å². The van der Waals surface area contributed by atoms with E-state index < -0.39 is 5.63 Å². The summed E-state index contributed by atoms with van der Waals surface area (Å²) in [6.45, 7) is 5.27. The predicted octanol–water partition coefficient (Wildman–Crippen LogP) is 1.38. The van der Waals surface area contributed by atoms with Gasteiger partial charge in [-0.25, -0.2) is 4.79 Å². The molecule has 0 aromatic carbocycles. The van der Waals surface area contributed by atoms with Gasteiger partial charge in [-0.2, -0.15) is 0 Å². The summed E-state index contributed by atoms with van der Waals surface area (Å²) in [5, 5.41) is 0. The van der Waals surface area contributed by atoms with Gasteiger partial charge in [-0.1, -0.05) is 0 Å². The van der Waals surface area contributed by atoms with E-state index in [1.165, 1.54) is 0 Å². The minimum atomic E-state index is -0.550. The molecule has 0 fully saturated rings. The quantitative estimate of drug-likeness (QED) is 0.592. The highest BCUT2D eigenvalue weighted by molar-refractivity contribution is 5.76. The maximum atomic E-state index is 11.0. The van der Waals surface area contributed by atoms with E-state index in [1.807, 2.05) is 6.92 Å². The second-order valence-corrected chi connectivity index (χ2v) is 2.73. The van der Waals surface area contributed by atoms with Crippen molar-refractivity contribution in [2.75, 3.05) is 0 Å². The van der Waals surface area contributed by atoms with E-state index in [0.717, 1.165) is 5.56 Å². The van der Waals surface area contributed by atoms with E-state index in [1.54, 1.807) is 13.8 Å². The molecule has 0 aliphatic heterocycles. The molecule has 1 heterocycles. The summed E-state index contributed by atoms with van der Waals surface area (Å²) >= 11 is 0. The van der Waals surface area contributed by atoms with E-state index >= 15 is 0 Å². The Balaban J connectivity index is 3.62. The molecule has 0 spiro atoms. The van der Waals surface area contributed by atoms with E-state index in [2.05, 4.69) is 0 Å². The van der Waals surface area contributed by atoms with Crippen molar-refractivity contribution < 1.29 is 9.21 Å². The van der Waals surface area contributed by atoms with Gasteiger partial charge in [0.05, 0.1) is 0 Å². The lowest BCUT2D eigenvalue weighted by Crippen LogP contribution is -2.11. The number of hydrogen-bond donors (Lipinski definition) is 0. The summed E-state index contributed by atoms with van der Waals surface area (Å²) in [5.74, 6) is 0.572. The minimum absolute atomic E-state index is 0.123. The van der Waals surface area contributed by atoms with Crippen molar-refractivity contribution in [1.82, 2.24) is 0 Å². The van der Waals surface area contributed by atoms with Gasteiger partial charge in [-0.3, -0.25) is 4.79 Å². The third-order valence-electron chi connectivity index (χ3n) is 2.08. The van der Waals surface area contributed by atoms with E-state index in [4.69, 9.17) is 4.42 Å². The molecule has 1 rings (SSSR count). The van der Waals surface area contributed by atoms with Crippen LogP contribution in [0.2, 0.25) is 0 Å². The molecule has 0 radical (unpaired) electrons. The topological polar surface area (TPSA) is 47.3 Å². The summed E-state index contributed by atoms with van der Waals surface area (Å²) in [5.41, 5.74) is 1.14. The van der Waals surface area contributed by atoms with Crippen LogP contribution in [-0.4, -0.2) is 6.29 Å². The van der Waals surface area contributed by atoms with Gasteiger partial charge in [0.1, 0.15) is 11.3 Å². The van der Waals surface area contributed by atoms with Crippen LogP contribution >= 0.6 is 0 Å². The van der Waals surface area contributed by atoms with Gasteiger partial charge < -0.3 is 4.42 Å². The van der Waals surface area contributed by atoms with Gasteiger partial charge in [0, 0.05) is 0 Å². The van der Waals surface area contributed by atoms with Crippen molar-refractivity contribution in [2.24, 2.45) is 0 Å². The van der Waals surface area contributed by atoms with Crippen molar-refractivity contribution in [2.45, 2.75) is 20.8 Å². The average Bonchev–Trinajstić information content (AvgIpc) is 2.01. The van der Waals surface area contributed by atoms with Crippen LogP contribution in [0.15, 0.2) is 9.21 Å². The molecule has 0 atom stereocenters. The minimum Gasteiger partial charge on any atom is -0.427 e. The second-order valence-electron chi connectivity index (χ2n) is 2.73. The zero-order chi connectivity index (χ0) is 9.30. The van der Waals surface area contributed by atoms with Crippen LogP contribution in [0.4, 0.5) is 0 Å². The Hall–Kier alpha value is -1.38. The third-order valence-corrected chi connectivity index (χ3v) is 2.08. The molecule has 0 aliphatic carbocycles. The van der Waals surface area contributed by atoms with Crippen molar-refractivity contribution >= 4 is 6.29 Å². The maximum Gasteiger partial charge on any atom is 0.346 e. The van der Waals surface area contributed by atoms with E-state index in [-0.39, 0.29) is 5.56 Å². The zero-order valence-corrected chi connectivity index (χ0v) is 7.30. The highest BCUT2D eigenvalue weighted by Crippen LogP contribution is 2.11. The predicted molar refractivity (Wildman–Crippen MR) is 44.6 cm³/mol. The Morgan fingerprint density at radius 3 is 2.25 bits per heavy atom. The summed E-state index contributed by atoms with van der Waals surface area (Å²) in [6.07, 6.45) is 0.535. The number of rotatable bonds is 1. The fraction of sp³-hybridized carbons (Fsp3) is 0.333. The van der Waals surface area contributed by atoms with Crippen LogP contribution in [0, 0.1) is 20.8 Å². The first-order chi connectivity index (χ1) is 5.57. The fourth-order valence-electron chi connectivity index (χ4n) is 1.03. The Bertz CT molecular complexity index is 374. The van der Waals surface area contributed by atoms with Gasteiger partial charge >= 0.3 is 5.63 Å². The summed E-state index contributed by atoms with van der Waals surface area (Å²) in [4.78, 5) is 21.5. The first kappa shape index (κ1) is 8.71. The van der Waals surface area contributed by atoms with Crippen molar-refractivity contribution in [3.05, 3.63) is 32.9 Å². The monoisotopic (exact) mass is 166 g/mol. The standard InChI is InChI=1S/C9H10O3/c1-5-6(2)8(4-10)9(11)12-7(5)3/h4H,1-3H3. The van der Waals surface area contributed by atoms with Crippen LogP contribution in [-0.2, 0) is 0 Å². The molecule has 0 N–H and O–H groups in total. The van der Waals surface area contributed by atoms with Crippen molar-refractivity contribution in [3.8, 4) is 0 Å². The molecule has 1 aromatic rings. The van der Waals surface area contributed by atoms with E-state index in [0.29, 0.717) is 17.6 Å². The Labute approximate surface area is 70.0 Å². The van der Waals surface area contributed by atoms with Gasteiger partial charge in [0.15, 0.2) is 6.29 Å². The molecule has 0 saturated heterocycles. The molecule has 0 amide bonds. The lowest BCUT2D eigenvalue weighted by atomic mass is 10.1. The lowest BCUT2D eigenvalue weighted by molar-refractivity contribution is 0.111. The van der Waals surface area contributed by atoms with Crippen LogP contribution in [0.5, 0.6) is 0 Å². The average molecular weight is 166 g/mol. The van der Waals surface area contributed by atoms with Gasteiger partial charge in [-0.15, -0.1) is 0 Å². The molecule has 64 valence electrons. The molecule has 0 saturated carbocycles. The van der Waals surface area contributed by atoms with Crippen molar-refractivity contribution in [1.29, 1.82) is 0 Å². The van der Waals surface area contributed by atoms with Gasteiger partial charge in [0.2, 0.25) is 0 Å². The van der Waals surface area contributed by atoms with Crippen molar-refractivity contribution in [3.63, 3.8) is 0 Å². The largest absolute Gasteiger partial charge is 0.427 e. The zero-order valence-electron chi connectivity index (χ0n) is 7.30. The molecular weight excluding hydrogens is 156 g/mol.